The third-order valence-corrected chi connectivity index (χ3v) is 5.58. The van der Waals surface area contributed by atoms with E-state index in [9.17, 15) is 4.79 Å². The molecule has 1 aromatic heterocycles. The predicted octanol–water partition coefficient (Wildman–Crippen LogP) is 6.95. The van der Waals surface area contributed by atoms with Crippen LogP contribution in [0.5, 0.6) is 11.5 Å². The fourth-order valence-corrected chi connectivity index (χ4v) is 3.59. The second-order valence-electron chi connectivity index (χ2n) is 8.01. The summed E-state index contributed by atoms with van der Waals surface area (Å²) in [4.78, 5) is 19.5. The third-order valence-electron chi connectivity index (χ3n) is 5.33. The molecule has 4 rings (SSSR count). The monoisotopic (exact) mass is 486 g/mol. The van der Waals surface area contributed by atoms with Gasteiger partial charge in [-0.05, 0) is 78.2 Å². The van der Waals surface area contributed by atoms with Gasteiger partial charge in [0.05, 0.1) is 13.2 Å². The number of halogens is 1. The minimum absolute atomic E-state index is 0.131. The number of aromatic nitrogens is 1. The fraction of sp³-hybridized carbons (Fsp3) is 0.172. The Bertz CT molecular complexity index is 1210. The molecule has 0 bridgehead atoms. The summed E-state index contributed by atoms with van der Waals surface area (Å²) in [6.07, 6.45) is 2.62. The van der Waals surface area contributed by atoms with E-state index in [1.54, 1.807) is 23.2 Å². The van der Waals surface area contributed by atoms with Gasteiger partial charge in [-0.25, -0.2) is 4.98 Å². The van der Waals surface area contributed by atoms with E-state index in [4.69, 9.17) is 21.1 Å². The van der Waals surface area contributed by atoms with Gasteiger partial charge in [-0.3, -0.25) is 9.69 Å². The number of rotatable bonds is 10. The van der Waals surface area contributed by atoms with Gasteiger partial charge in [0.2, 0.25) is 0 Å². The van der Waals surface area contributed by atoms with Gasteiger partial charge in [0.25, 0.3) is 5.91 Å². The fourth-order valence-electron chi connectivity index (χ4n) is 3.46. The first-order valence-electron chi connectivity index (χ1n) is 11.5. The van der Waals surface area contributed by atoms with Gasteiger partial charge in [-0.2, -0.15) is 0 Å². The number of anilines is 1. The van der Waals surface area contributed by atoms with Gasteiger partial charge in [0, 0.05) is 16.8 Å². The molecule has 6 heteroatoms. The summed E-state index contributed by atoms with van der Waals surface area (Å²) in [5, 5.41) is 0.700. The average Bonchev–Trinajstić information content (AvgIpc) is 2.91. The smallest absolute Gasteiger partial charge is 0.259 e. The Hall–Kier alpha value is -3.83. The molecule has 0 aliphatic rings. The lowest BCUT2D eigenvalue weighted by atomic mass is 10.1. The topological polar surface area (TPSA) is 51.7 Å². The maximum absolute atomic E-state index is 13.4. The first-order valence-corrected chi connectivity index (χ1v) is 11.9. The van der Waals surface area contributed by atoms with Crippen LogP contribution in [0.4, 0.5) is 5.82 Å². The molecule has 0 aliphatic heterocycles. The molecule has 4 aromatic rings. The summed E-state index contributed by atoms with van der Waals surface area (Å²) in [6, 6.07) is 28.1. The van der Waals surface area contributed by atoms with Crippen molar-refractivity contribution in [1.82, 2.24) is 4.98 Å². The zero-order valence-corrected chi connectivity index (χ0v) is 20.3. The number of pyridine rings is 1. The number of carbonyl (C=O) groups is 1. The number of benzene rings is 3. The van der Waals surface area contributed by atoms with Crippen LogP contribution in [0.2, 0.25) is 5.02 Å². The zero-order valence-electron chi connectivity index (χ0n) is 19.6. The highest BCUT2D eigenvalue weighted by Crippen LogP contribution is 2.22. The number of hydrogen-bond donors (Lipinski definition) is 0. The van der Waals surface area contributed by atoms with Crippen molar-refractivity contribution in [3.63, 3.8) is 0 Å². The Morgan fingerprint density at radius 3 is 2.14 bits per heavy atom. The molecule has 5 nitrogen and oxygen atoms in total. The molecule has 0 aliphatic carbocycles. The van der Waals surface area contributed by atoms with Crippen molar-refractivity contribution < 1.29 is 14.3 Å². The molecule has 0 unspecified atom stereocenters. The lowest BCUT2D eigenvalue weighted by molar-refractivity contribution is 0.0984. The largest absolute Gasteiger partial charge is 0.494 e. The van der Waals surface area contributed by atoms with Crippen LogP contribution in [0, 0.1) is 0 Å². The molecule has 0 atom stereocenters. The summed E-state index contributed by atoms with van der Waals surface area (Å²) in [7, 11) is 0. The first kappa shape index (κ1) is 24.3. The predicted molar refractivity (Wildman–Crippen MR) is 139 cm³/mol. The molecular formula is C29H27ClN2O3. The van der Waals surface area contributed by atoms with Crippen LogP contribution in [-0.2, 0) is 13.2 Å². The van der Waals surface area contributed by atoms with Crippen molar-refractivity contribution in [2.75, 3.05) is 11.5 Å². The molecule has 0 fully saturated rings. The van der Waals surface area contributed by atoms with Gasteiger partial charge in [0.1, 0.15) is 23.9 Å². The van der Waals surface area contributed by atoms with Gasteiger partial charge in [0.15, 0.2) is 0 Å². The van der Waals surface area contributed by atoms with Crippen LogP contribution >= 0.6 is 11.6 Å². The summed E-state index contributed by atoms with van der Waals surface area (Å²) < 4.78 is 11.5. The van der Waals surface area contributed by atoms with Crippen molar-refractivity contribution in [3.05, 3.63) is 119 Å². The lowest BCUT2D eigenvalue weighted by Gasteiger charge is -2.22. The van der Waals surface area contributed by atoms with Crippen LogP contribution in [0.25, 0.3) is 0 Å². The second-order valence-corrected chi connectivity index (χ2v) is 8.45. The molecule has 0 saturated heterocycles. The SMILES string of the molecule is CCCOc1ccc(C(=O)N(Cc2ccc(OCc3ccc(Cl)cc3)cc2)c2ccccn2)cc1. The highest BCUT2D eigenvalue weighted by Gasteiger charge is 2.19. The van der Waals surface area contributed by atoms with E-state index in [2.05, 4.69) is 11.9 Å². The molecule has 0 radical (unpaired) electrons. The number of ether oxygens (including phenoxy) is 2. The van der Waals surface area contributed by atoms with E-state index in [0.29, 0.717) is 36.2 Å². The van der Waals surface area contributed by atoms with Crippen molar-refractivity contribution in [2.24, 2.45) is 0 Å². The Morgan fingerprint density at radius 1 is 0.829 bits per heavy atom. The lowest BCUT2D eigenvalue weighted by Crippen LogP contribution is -2.31. The number of amides is 1. The number of carbonyl (C=O) groups excluding carboxylic acids is 1. The molecule has 35 heavy (non-hydrogen) atoms. The van der Waals surface area contributed by atoms with Crippen LogP contribution in [0.15, 0.2) is 97.2 Å². The van der Waals surface area contributed by atoms with Gasteiger partial charge in [-0.1, -0.05) is 48.9 Å². The normalized spacial score (nSPS) is 10.6. The number of nitrogens with zero attached hydrogens (tertiary/aromatic N) is 2. The Labute approximate surface area is 210 Å². The average molecular weight is 487 g/mol. The molecule has 0 saturated carbocycles. The van der Waals surface area contributed by atoms with Crippen LogP contribution in [0.1, 0.15) is 34.8 Å². The summed E-state index contributed by atoms with van der Waals surface area (Å²) in [5.41, 5.74) is 2.57. The maximum Gasteiger partial charge on any atom is 0.259 e. The summed E-state index contributed by atoms with van der Waals surface area (Å²) in [5.74, 6) is 1.96. The van der Waals surface area contributed by atoms with Crippen molar-refractivity contribution in [2.45, 2.75) is 26.5 Å². The van der Waals surface area contributed by atoms with E-state index in [1.165, 1.54) is 0 Å². The van der Waals surface area contributed by atoms with Crippen LogP contribution < -0.4 is 14.4 Å². The Morgan fingerprint density at radius 2 is 1.49 bits per heavy atom. The zero-order chi connectivity index (χ0) is 24.5. The molecular weight excluding hydrogens is 460 g/mol. The van der Waals surface area contributed by atoms with Crippen molar-refractivity contribution in [3.8, 4) is 11.5 Å². The minimum atomic E-state index is -0.131. The van der Waals surface area contributed by atoms with Crippen molar-refractivity contribution in [1.29, 1.82) is 0 Å². The summed E-state index contributed by atoms with van der Waals surface area (Å²) >= 11 is 5.94. The second kappa shape index (κ2) is 12.0. The van der Waals surface area contributed by atoms with E-state index in [-0.39, 0.29) is 5.91 Å². The molecule has 1 amide bonds. The highest BCUT2D eigenvalue weighted by atomic mass is 35.5. The van der Waals surface area contributed by atoms with Gasteiger partial charge < -0.3 is 9.47 Å². The first-order chi connectivity index (χ1) is 17.1. The maximum atomic E-state index is 13.4. The van der Waals surface area contributed by atoms with Gasteiger partial charge in [-0.15, -0.1) is 0 Å². The third kappa shape index (κ3) is 6.84. The molecule has 0 N–H and O–H groups in total. The quantitative estimate of drug-likeness (QED) is 0.243. The molecule has 1 heterocycles. The molecule has 0 spiro atoms. The van der Waals surface area contributed by atoms with E-state index in [1.807, 2.05) is 78.9 Å². The Kier molecular flexibility index (Phi) is 8.36. The van der Waals surface area contributed by atoms with Crippen molar-refractivity contribution >= 4 is 23.3 Å². The highest BCUT2D eigenvalue weighted by molar-refractivity contribution is 6.30. The van der Waals surface area contributed by atoms with E-state index in [0.717, 1.165) is 29.0 Å². The van der Waals surface area contributed by atoms with Crippen LogP contribution in [-0.4, -0.2) is 17.5 Å². The minimum Gasteiger partial charge on any atom is -0.494 e. The Balaban J connectivity index is 1.46. The number of hydrogen-bond acceptors (Lipinski definition) is 4. The van der Waals surface area contributed by atoms with E-state index < -0.39 is 0 Å². The van der Waals surface area contributed by atoms with Crippen LogP contribution in [0.3, 0.4) is 0 Å². The molecule has 178 valence electrons. The van der Waals surface area contributed by atoms with E-state index >= 15 is 0 Å². The standard InChI is InChI=1S/C29H27ClN2O3/c1-2-19-34-26-16-10-24(11-17-26)29(33)32(28-5-3-4-18-31-28)20-22-8-14-27(15-9-22)35-21-23-6-12-25(30)13-7-23/h3-18H,2,19-21H2,1H3. The molecule has 3 aromatic carbocycles. The van der Waals surface area contributed by atoms with Gasteiger partial charge >= 0.3 is 0 Å². The summed E-state index contributed by atoms with van der Waals surface area (Å²) in [6.45, 7) is 3.53.